The number of hydrogen-bond donors (Lipinski definition) is 0. The maximum absolute atomic E-state index is 5.40. The molecule has 0 aliphatic rings. The zero-order chi connectivity index (χ0) is 45.9. The van der Waals surface area contributed by atoms with Crippen molar-refractivity contribution in [3.05, 3.63) is 237 Å². The van der Waals surface area contributed by atoms with Crippen molar-refractivity contribution in [1.29, 1.82) is 0 Å². The monoisotopic (exact) mass is 889 g/mol. The summed E-state index contributed by atoms with van der Waals surface area (Å²) in [5, 5.41) is 16.6. The minimum Gasteiger partial charge on any atom is -0.309 e. The predicted molar refractivity (Wildman–Crippen MR) is 292 cm³/mol. The summed E-state index contributed by atoms with van der Waals surface area (Å²) < 4.78 is 4.93. The molecule has 3 aromatic heterocycles. The van der Waals surface area contributed by atoms with Gasteiger partial charge in [0.1, 0.15) is 0 Å². The summed E-state index contributed by atoms with van der Waals surface area (Å²) in [5.41, 5.74) is 9.76. The van der Waals surface area contributed by atoms with Crippen molar-refractivity contribution in [3.63, 3.8) is 0 Å². The van der Waals surface area contributed by atoms with Gasteiger partial charge in [0.2, 0.25) is 0 Å². The van der Waals surface area contributed by atoms with Crippen LogP contribution in [0.3, 0.4) is 0 Å². The van der Waals surface area contributed by atoms with Crippen molar-refractivity contribution >= 4 is 97.5 Å². The molecular weight excluding hydrogens is 851 g/mol. The fourth-order valence-corrected chi connectivity index (χ4v) is 11.4. The zero-order valence-electron chi connectivity index (χ0n) is 37.8. The maximum atomic E-state index is 5.40. The molecule has 0 fully saturated rings. The molecule has 324 valence electrons. The molecule has 0 amide bonds. The number of hydrogen-bond acceptors (Lipinski definition) is 3. The van der Waals surface area contributed by atoms with Crippen molar-refractivity contribution in [2.45, 2.75) is 0 Å². The lowest BCUT2D eigenvalue weighted by atomic mass is 9.96. The molecule has 0 saturated carbocycles. The number of para-hydroxylation sites is 2. The zero-order valence-corrected chi connectivity index (χ0v) is 37.8. The largest absolute Gasteiger partial charge is 0.309 e. The molecule has 3 heterocycles. The van der Waals surface area contributed by atoms with Crippen LogP contribution in [0.25, 0.3) is 143 Å². The van der Waals surface area contributed by atoms with Crippen LogP contribution in [0, 0.1) is 0 Å². The SMILES string of the molecule is c1ccc(-c2nc(-c3ccc(-n4c5ccccc5c5cc6cccc(-n7c8ccccc8c8c9ccccc9ccc87)c6cc54)c4ccccc34)nc(-c3cc4ccccc4c4ccccc34)n2)cc1. The molecule has 0 aliphatic carbocycles. The highest BCUT2D eigenvalue weighted by atomic mass is 15.0. The van der Waals surface area contributed by atoms with Gasteiger partial charge in [-0.25, -0.2) is 15.0 Å². The molecule has 0 unspecified atom stereocenters. The van der Waals surface area contributed by atoms with E-state index in [0.29, 0.717) is 17.5 Å². The molecule has 0 N–H and O–H groups in total. The fourth-order valence-electron chi connectivity index (χ4n) is 11.4. The van der Waals surface area contributed by atoms with Crippen molar-refractivity contribution in [1.82, 2.24) is 24.1 Å². The molecule has 70 heavy (non-hydrogen) atoms. The average molecular weight is 890 g/mol. The molecule has 0 radical (unpaired) electrons. The summed E-state index contributed by atoms with van der Waals surface area (Å²) in [5.74, 6) is 1.90. The first-order chi connectivity index (χ1) is 34.7. The second-order valence-corrected chi connectivity index (χ2v) is 18.3. The van der Waals surface area contributed by atoms with Crippen LogP contribution in [0.4, 0.5) is 0 Å². The second-order valence-electron chi connectivity index (χ2n) is 18.3. The summed E-state index contributed by atoms with van der Waals surface area (Å²) in [6.07, 6.45) is 0. The van der Waals surface area contributed by atoms with Crippen LogP contribution in [0.5, 0.6) is 0 Å². The van der Waals surface area contributed by atoms with E-state index in [1.54, 1.807) is 0 Å². The second kappa shape index (κ2) is 15.0. The Kier molecular flexibility index (Phi) is 8.29. The molecule has 0 saturated heterocycles. The molecule has 15 aromatic rings. The van der Waals surface area contributed by atoms with Crippen LogP contribution in [-0.4, -0.2) is 24.1 Å². The molecular formula is C65H39N5. The third kappa shape index (κ3) is 5.69. The summed E-state index contributed by atoms with van der Waals surface area (Å²) in [6.45, 7) is 0. The Bertz CT molecular complexity index is 4660. The Labute approximate surface area is 401 Å². The lowest BCUT2D eigenvalue weighted by molar-refractivity contribution is 1.08. The van der Waals surface area contributed by atoms with Crippen molar-refractivity contribution in [3.8, 4) is 45.5 Å². The maximum Gasteiger partial charge on any atom is 0.164 e. The van der Waals surface area contributed by atoms with Crippen LogP contribution in [0.15, 0.2) is 237 Å². The van der Waals surface area contributed by atoms with Crippen LogP contribution >= 0.6 is 0 Å². The van der Waals surface area contributed by atoms with Gasteiger partial charge >= 0.3 is 0 Å². The van der Waals surface area contributed by atoms with E-state index in [0.717, 1.165) is 60.6 Å². The molecule has 12 aromatic carbocycles. The summed E-state index contributed by atoms with van der Waals surface area (Å²) in [4.78, 5) is 15.9. The van der Waals surface area contributed by atoms with E-state index >= 15 is 0 Å². The Morgan fingerprint density at radius 1 is 0.243 bits per heavy atom. The smallest absolute Gasteiger partial charge is 0.164 e. The van der Waals surface area contributed by atoms with Crippen molar-refractivity contribution in [2.24, 2.45) is 0 Å². The van der Waals surface area contributed by atoms with Crippen LogP contribution in [0.1, 0.15) is 0 Å². The standard InChI is InChI=1S/C65H39N5/c1-2-18-41(19-3-1)63-66-64(68-65(67-63)55-38-42-20-5-6-22-44(42)46-24-8-9-25-47(46)55)51-34-36-59(49-27-11-10-26-48(49)51)70-56-30-14-12-28-50(56)54-37-43-21-16-32-58(53(43)39-61(54)70)69-57-31-15-13-29-52(57)62-45-23-7-4-17-40(45)33-35-60(62)69/h1-39H. The van der Waals surface area contributed by atoms with Crippen LogP contribution < -0.4 is 0 Å². The molecule has 15 rings (SSSR count). The first kappa shape index (κ1) is 38.6. The highest BCUT2D eigenvalue weighted by Gasteiger charge is 2.22. The van der Waals surface area contributed by atoms with Gasteiger partial charge in [-0.15, -0.1) is 0 Å². The van der Waals surface area contributed by atoms with Gasteiger partial charge in [0, 0.05) is 49.0 Å². The van der Waals surface area contributed by atoms with Crippen LogP contribution in [-0.2, 0) is 0 Å². The van der Waals surface area contributed by atoms with Gasteiger partial charge in [-0.1, -0.05) is 182 Å². The van der Waals surface area contributed by atoms with Crippen molar-refractivity contribution < 1.29 is 0 Å². The normalized spacial score (nSPS) is 12.0. The Morgan fingerprint density at radius 2 is 0.786 bits per heavy atom. The topological polar surface area (TPSA) is 48.5 Å². The number of fused-ring (bicyclic) bond motifs is 13. The van der Waals surface area contributed by atoms with Gasteiger partial charge in [-0.2, -0.15) is 0 Å². The number of aromatic nitrogens is 5. The lowest BCUT2D eigenvalue weighted by Gasteiger charge is -2.16. The van der Waals surface area contributed by atoms with E-state index < -0.39 is 0 Å². The van der Waals surface area contributed by atoms with Gasteiger partial charge in [-0.3, -0.25) is 0 Å². The third-order valence-electron chi connectivity index (χ3n) is 14.5. The third-order valence-corrected chi connectivity index (χ3v) is 14.5. The number of rotatable bonds is 5. The molecule has 0 spiro atoms. The minimum atomic E-state index is 0.626. The summed E-state index contributed by atoms with van der Waals surface area (Å²) >= 11 is 0. The highest BCUT2D eigenvalue weighted by Crippen LogP contribution is 2.43. The van der Waals surface area contributed by atoms with Gasteiger partial charge in [0.25, 0.3) is 0 Å². The fraction of sp³-hybridized carbons (Fsp3) is 0. The quantitative estimate of drug-likeness (QED) is 0.162. The van der Waals surface area contributed by atoms with E-state index in [1.807, 2.05) is 18.2 Å². The average Bonchev–Trinajstić information content (AvgIpc) is 3.94. The number of nitrogens with zero attached hydrogens (tertiary/aromatic N) is 5. The van der Waals surface area contributed by atoms with Crippen molar-refractivity contribution in [2.75, 3.05) is 0 Å². The molecule has 5 heteroatoms. The van der Waals surface area contributed by atoms with Gasteiger partial charge < -0.3 is 9.13 Å². The molecule has 0 aliphatic heterocycles. The molecule has 0 atom stereocenters. The first-order valence-corrected chi connectivity index (χ1v) is 23.9. The van der Waals surface area contributed by atoms with Crippen LogP contribution in [0.2, 0.25) is 0 Å². The van der Waals surface area contributed by atoms with E-state index in [1.165, 1.54) is 64.9 Å². The highest BCUT2D eigenvalue weighted by molar-refractivity contribution is 6.23. The van der Waals surface area contributed by atoms with E-state index in [-0.39, 0.29) is 0 Å². The Morgan fingerprint density at radius 3 is 1.59 bits per heavy atom. The summed E-state index contributed by atoms with van der Waals surface area (Å²) in [7, 11) is 0. The predicted octanol–water partition coefficient (Wildman–Crippen LogP) is 16.8. The Hall–Kier alpha value is -9.45. The summed E-state index contributed by atoms with van der Waals surface area (Å²) in [6, 6.07) is 85.2. The minimum absolute atomic E-state index is 0.626. The molecule has 5 nitrogen and oxygen atoms in total. The lowest BCUT2D eigenvalue weighted by Crippen LogP contribution is -2.02. The van der Waals surface area contributed by atoms with E-state index in [9.17, 15) is 0 Å². The van der Waals surface area contributed by atoms with Gasteiger partial charge in [0.15, 0.2) is 17.5 Å². The van der Waals surface area contributed by atoms with E-state index in [4.69, 9.17) is 15.0 Å². The first-order valence-electron chi connectivity index (χ1n) is 23.9. The van der Waals surface area contributed by atoms with E-state index in [2.05, 4.69) is 228 Å². The van der Waals surface area contributed by atoms with Gasteiger partial charge in [-0.05, 0) is 97.7 Å². The number of benzene rings is 12. The molecule has 0 bridgehead atoms. The van der Waals surface area contributed by atoms with Gasteiger partial charge in [0.05, 0.1) is 33.4 Å². The Balaban J connectivity index is 0.973.